The van der Waals surface area contributed by atoms with Crippen LogP contribution in [0.2, 0.25) is 5.02 Å². The van der Waals surface area contributed by atoms with Gasteiger partial charge in [-0.25, -0.2) is 17.9 Å². The summed E-state index contributed by atoms with van der Waals surface area (Å²) in [4.78, 5) is 23.5. The topological polar surface area (TPSA) is 102 Å². The molecule has 0 bridgehead atoms. The van der Waals surface area contributed by atoms with Gasteiger partial charge in [0.15, 0.2) is 6.10 Å². The van der Waals surface area contributed by atoms with E-state index in [1.54, 1.807) is 0 Å². The van der Waals surface area contributed by atoms with Crippen LogP contribution in [0.25, 0.3) is 0 Å². The molecule has 0 aliphatic carbocycles. The molecule has 0 aliphatic heterocycles. The molecule has 0 spiro atoms. The van der Waals surface area contributed by atoms with E-state index in [0.29, 0.717) is 6.54 Å². The van der Waals surface area contributed by atoms with Gasteiger partial charge in [0.05, 0.1) is 10.6 Å². The monoisotopic (exact) mass is 362 g/mol. The average molecular weight is 363 g/mol. The number of hydrogen-bond donors (Lipinski definition) is 2. The zero-order chi connectivity index (χ0) is 17.6. The number of benzene rings is 1. The van der Waals surface area contributed by atoms with Crippen LogP contribution >= 0.6 is 11.6 Å². The fourth-order valence-corrected chi connectivity index (χ4v) is 2.87. The fourth-order valence-electron chi connectivity index (χ4n) is 1.62. The van der Waals surface area contributed by atoms with Crippen molar-refractivity contribution in [3.8, 4) is 0 Å². The Morgan fingerprint density at radius 2 is 2.00 bits per heavy atom. The Bertz CT molecular complexity index is 690. The van der Waals surface area contributed by atoms with Crippen molar-refractivity contribution >= 4 is 33.5 Å². The number of carbonyl (C=O) groups excluding carboxylic acids is 2. The number of nitrogens with one attached hydrogen (secondary N) is 2. The SMILES string of the molecule is CCCNC(=O)[C@@H](C)OC(=O)c1ccc(Cl)c(S(=O)(=O)NC)c1. The first-order valence-corrected chi connectivity index (χ1v) is 8.80. The van der Waals surface area contributed by atoms with Crippen molar-refractivity contribution in [2.75, 3.05) is 13.6 Å². The van der Waals surface area contributed by atoms with Crippen molar-refractivity contribution in [1.29, 1.82) is 0 Å². The average Bonchev–Trinajstić information content (AvgIpc) is 2.52. The van der Waals surface area contributed by atoms with Crippen LogP contribution in [0.3, 0.4) is 0 Å². The van der Waals surface area contributed by atoms with Crippen molar-refractivity contribution in [2.45, 2.75) is 31.3 Å². The van der Waals surface area contributed by atoms with E-state index in [1.165, 1.54) is 26.1 Å². The number of rotatable bonds is 7. The molecule has 9 heteroatoms. The van der Waals surface area contributed by atoms with Gasteiger partial charge in [0.1, 0.15) is 4.90 Å². The Balaban J connectivity index is 2.93. The Morgan fingerprint density at radius 3 is 2.57 bits per heavy atom. The summed E-state index contributed by atoms with van der Waals surface area (Å²) in [5.41, 5.74) is -0.0154. The molecule has 0 saturated heterocycles. The zero-order valence-corrected chi connectivity index (χ0v) is 14.6. The number of ether oxygens (including phenoxy) is 1. The number of hydrogen-bond acceptors (Lipinski definition) is 5. The lowest BCUT2D eigenvalue weighted by Gasteiger charge is -2.14. The van der Waals surface area contributed by atoms with Crippen LogP contribution in [0.15, 0.2) is 23.1 Å². The van der Waals surface area contributed by atoms with E-state index in [-0.39, 0.29) is 15.5 Å². The number of halogens is 1. The van der Waals surface area contributed by atoms with E-state index in [0.717, 1.165) is 12.5 Å². The van der Waals surface area contributed by atoms with Crippen LogP contribution in [0.4, 0.5) is 0 Å². The Hall–Kier alpha value is -1.64. The third kappa shape index (κ3) is 5.19. The van der Waals surface area contributed by atoms with Gasteiger partial charge in [0.25, 0.3) is 5.91 Å². The summed E-state index contributed by atoms with van der Waals surface area (Å²) in [6, 6.07) is 3.72. The second-order valence-electron chi connectivity index (χ2n) is 4.69. The molecule has 0 unspecified atom stereocenters. The molecule has 1 aromatic carbocycles. The minimum atomic E-state index is -3.81. The van der Waals surface area contributed by atoms with Crippen LogP contribution in [-0.4, -0.2) is 40.0 Å². The molecule has 0 aromatic heterocycles. The summed E-state index contributed by atoms with van der Waals surface area (Å²) in [5.74, 6) is -1.23. The molecular formula is C14H19ClN2O5S. The molecule has 0 radical (unpaired) electrons. The van der Waals surface area contributed by atoms with Crippen LogP contribution in [-0.2, 0) is 19.6 Å². The van der Waals surface area contributed by atoms with Crippen molar-refractivity contribution in [3.63, 3.8) is 0 Å². The largest absolute Gasteiger partial charge is 0.449 e. The standard InChI is InChI=1S/C14H19ClN2O5S/c1-4-7-17-13(18)9(2)22-14(19)10-5-6-11(15)12(8-10)23(20,21)16-3/h5-6,8-9,16H,4,7H2,1-3H3,(H,17,18)/t9-/m1/s1. The van der Waals surface area contributed by atoms with Gasteiger partial charge < -0.3 is 10.1 Å². The molecule has 1 rings (SSSR count). The molecule has 23 heavy (non-hydrogen) atoms. The Morgan fingerprint density at radius 1 is 1.35 bits per heavy atom. The van der Waals surface area contributed by atoms with E-state index in [2.05, 4.69) is 10.0 Å². The van der Waals surface area contributed by atoms with Gasteiger partial charge in [-0.15, -0.1) is 0 Å². The lowest BCUT2D eigenvalue weighted by Crippen LogP contribution is -2.36. The van der Waals surface area contributed by atoms with Crippen LogP contribution in [0.5, 0.6) is 0 Å². The van der Waals surface area contributed by atoms with Gasteiger partial charge >= 0.3 is 5.97 Å². The fraction of sp³-hybridized carbons (Fsp3) is 0.429. The second-order valence-corrected chi connectivity index (χ2v) is 6.95. The van der Waals surface area contributed by atoms with Gasteiger partial charge in [0.2, 0.25) is 10.0 Å². The molecule has 0 heterocycles. The van der Waals surface area contributed by atoms with Crippen LogP contribution < -0.4 is 10.0 Å². The summed E-state index contributed by atoms with van der Waals surface area (Å²) in [6.07, 6.45) is -0.233. The summed E-state index contributed by atoms with van der Waals surface area (Å²) < 4.78 is 30.8. The highest BCUT2D eigenvalue weighted by molar-refractivity contribution is 7.89. The second kappa shape index (κ2) is 8.28. The van der Waals surface area contributed by atoms with Gasteiger partial charge in [-0.1, -0.05) is 18.5 Å². The molecule has 0 saturated carbocycles. The van der Waals surface area contributed by atoms with Crippen molar-refractivity contribution in [3.05, 3.63) is 28.8 Å². The van der Waals surface area contributed by atoms with Gasteiger partial charge in [-0.05, 0) is 38.6 Å². The lowest BCUT2D eigenvalue weighted by molar-refractivity contribution is -0.129. The van der Waals surface area contributed by atoms with E-state index in [1.807, 2.05) is 6.92 Å². The van der Waals surface area contributed by atoms with E-state index < -0.39 is 28.0 Å². The van der Waals surface area contributed by atoms with E-state index in [4.69, 9.17) is 16.3 Å². The maximum Gasteiger partial charge on any atom is 0.338 e. The van der Waals surface area contributed by atoms with Crippen LogP contribution in [0, 0.1) is 0 Å². The molecule has 1 atom stereocenters. The summed E-state index contributed by atoms with van der Waals surface area (Å²) in [7, 11) is -2.58. The molecule has 0 aliphatic rings. The smallest absolute Gasteiger partial charge is 0.338 e. The first kappa shape index (κ1) is 19.4. The van der Waals surface area contributed by atoms with Crippen molar-refractivity contribution in [1.82, 2.24) is 10.0 Å². The molecule has 0 fully saturated rings. The first-order chi connectivity index (χ1) is 10.7. The quantitative estimate of drug-likeness (QED) is 0.712. The predicted molar refractivity (Wildman–Crippen MR) is 85.9 cm³/mol. The molecule has 2 N–H and O–H groups in total. The highest BCUT2D eigenvalue weighted by Gasteiger charge is 2.22. The summed E-state index contributed by atoms with van der Waals surface area (Å²) in [6.45, 7) is 3.81. The molecule has 1 aromatic rings. The number of esters is 1. The third-order valence-electron chi connectivity index (χ3n) is 2.93. The van der Waals surface area contributed by atoms with Crippen LogP contribution in [0.1, 0.15) is 30.6 Å². The molecule has 7 nitrogen and oxygen atoms in total. The van der Waals surface area contributed by atoms with Crippen molar-refractivity contribution in [2.24, 2.45) is 0 Å². The van der Waals surface area contributed by atoms with E-state index in [9.17, 15) is 18.0 Å². The van der Waals surface area contributed by atoms with Gasteiger partial charge in [-0.2, -0.15) is 0 Å². The van der Waals surface area contributed by atoms with Gasteiger partial charge in [-0.3, -0.25) is 4.79 Å². The maximum atomic E-state index is 12.1. The minimum absolute atomic E-state index is 0.0154. The molecule has 1 amide bonds. The van der Waals surface area contributed by atoms with Crippen molar-refractivity contribution < 1.29 is 22.7 Å². The summed E-state index contributed by atoms with van der Waals surface area (Å²) >= 11 is 5.84. The number of amides is 1. The van der Waals surface area contributed by atoms with Gasteiger partial charge in [0, 0.05) is 6.54 Å². The number of sulfonamides is 1. The summed E-state index contributed by atoms with van der Waals surface area (Å²) in [5, 5.41) is 2.58. The normalized spacial score (nSPS) is 12.5. The highest BCUT2D eigenvalue weighted by atomic mass is 35.5. The Kier molecular flexibility index (Phi) is 6.99. The Labute approximate surface area is 140 Å². The third-order valence-corrected chi connectivity index (χ3v) is 4.82. The first-order valence-electron chi connectivity index (χ1n) is 6.94. The molecular weight excluding hydrogens is 344 g/mol. The number of carbonyl (C=O) groups is 2. The maximum absolute atomic E-state index is 12.1. The minimum Gasteiger partial charge on any atom is -0.449 e. The van der Waals surface area contributed by atoms with E-state index >= 15 is 0 Å². The zero-order valence-electron chi connectivity index (χ0n) is 13.1. The molecule has 128 valence electrons. The predicted octanol–water partition coefficient (Wildman–Crippen LogP) is 1.32. The highest BCUT2D eigenvalue weighted by Crippen LogP contribution is 2.23. The lowest BCUT2D eigenvalue weighted by atomic mass is 10.2.